The third-order valence-corrected chi connectivity index (χ3v) is 3.71. The molecule has 0 unspecified atom stereocenters. The van der Waals surface area contributed by atoms with Crippen molar-refractivity contribution in [3.05, 3.63) is 23.8 Å². The summed E-state index contributed by atoms with van der Waals surface area (Å²) in [6.07, 6.45) is 3.76. The average Bonchev–Trinajstić information content (AvgIpc) is 2.98. The summed E-state index contributed by atoms with van der Waals surface area (Å²) in [5.41, 5.74) is 1.15. The first-order valence-corrected chi connectivity index (χ1v) is 7.50. The van der Waals surface area contributed by atoms with Gasteiger partial charge in [0.1, 0.15) is 0 Å². The SMILES string of the molecule is CNCc1cccc(OC)c1OCCCN1CCCC1. The van der Waals surface area contributed by atoms with Gasteiger partial charge in [0.15, 0.2) is 11.5 Å². The summed E-state index contributed by atoms with van der Waals surface area (Å²) >= 11 is 0. The second-order valence-corrected chi connectivity index (χ2v) is 5.23. The van der Waals surface area contributed by atoms with Crippen molar-refractivity contribution >= 4 is 0 Å². The number of likely N-dealkylation sites (tertiary alicyclic amines) is 1. The molecule has 0 amide bonds. The normalized spacial score (nSPS) is 15.5. The Labute approximate surface area is 122 Å². The van der Waals surface area contributed by atoms with Crippen molar-refractivity contribution < 1.29 is 9.47 Å². The van der Waals surface area contributed by atoms with Gasteiger partial charge in [-0.3, -0.25) is 0 Å². The molecule has 1 N–H and O–H groups in total. The maximum atomic E-state index is 5.98. The van der Waals surface area contributed by atoms with Gasteiger partial charge >= 0.3 is 0 Å². The van der Waals surface area contributed by atoms with E-state index < -0.39 is 0 Å². The van der Waals surface area contributed by atoms with Gasteiger partial charge < -0.3 is 19.7 Å². The van der Waals surface area contributed by atoms with Gasteiger partial charge in [-0.15, -0.1) is 0 Å². The largest absolute Gasteiger partial charge is 0.493 e. The quantitative estimate of drug-likeness (QED) is 0.740. The van der Waals surface area contributed by atoms with Crippen molar-refractivity contribution in [2.75, 3.05) is 40.4 Å². The van der Waals surface area contributed by atoms with Crippen LogP contribution in [0.15, 0.2) is 18.2 Å². The third-order valence-electron chi connectivity index (χ3n) is 3.71. The average molecular weight is 278 g/mol. The van der Waals surface area contributed by atoms with Crippen LogP contribution in [0.4, 0.5) is 0 Å². The molecule has 0 aliphatic carbocycles. The second kappa shape index (κ2) is 8.12. The first kappa shape index (κ1) is 15.1. The van der Waals surface area contributed by atoms with E-state index in [9.17, 15) is 0 Å². The van der Waals surface area contributed by atoms with Gasteiger partial charge in [-0.25, -0.2) is 0 Å². The Kier molecular flexibility index (Phi) is 6.15. The van der Waals surface area contributed by atoms with Crippen LogP contribution in [-0.4, -0.2) is 45.3 Å². The fourth-order valence-electron chi connectivity index (χ4n) is 2.68. The van der Waals surface area contributed by atoms with Crippen LogP contribution in [-0.2, 0) is 6.54 Å². The highest BCUT2D eigenvalue weighted by molar-refractivity contribution is 5.46. The molecule has 4 nitrogen and oxygen atoms in total. The monoisotopic (exact) mass is 278 g/mol. The zero-order valence-corrected chi connectivity index (χ0v) is 12.7. The smallest absolute Gasteiger partial charge is 0.165 e. The molecule has 1 saturated heterocycles. The Bertz CT molecular complexity index is 403. The lowest BCUT2D eigenvalue weighted by Crippen LogP contribution is -2.22. The van der Waals surface area contributed by atoms with Gasteiger partial charge in [-0.2, -0.15) is 0 Å². The predicted molar refractivity (Wildman–Crippen MR) is 81.5 cm³/mol. The van der Waals surface area contributed by atoms with Crippen LogP contribution in [0.1, 0.15) is 24.8 Å². The number of nitrogens with zero attached hydrogens (tertiary/aromatic N) is 1. The van der Waals surface area contributed by atoms with Crippen molar-refractivity contribution in [3.63, 3.8) is 0 Å². The molecule has 112 valence electrons. The predicted octanol–water partition coefficient (Wildman–Crippen LogP) is 2.28. The molecular weight excluding hydrogens is 252 g/mol. The van der Waals surface area contributed by atoms with E-state index in [2.05, 4.69) is 16.3 Å². The van der Waals surface area contributed by atoms with Crippen molar-refractivity contribution in [2.45, 2.75) is 25.8 Å². The number of nitrogens with one attached hydrogen (secondary N) is 1. The van der Waals surface area contributed by atoms with E-state index in [1.54, 1.807) is 7.11 Å². The fourth-order valence-corrected chi connectivity index (χ4v) is 2.68. The number of hydrogen-bond donors (Lipinski definition) is 1. The van der Waals surface area contributed by atoms with Crippen molar-refractivity contribution in [3.8, 4) is 11.5 Å². The number of methoxy groups -OCH3 is 1. The zero-order valence-electron chi connectivity index (χ0n) is 12.7. The molecular formula is C16H26N2O2. The summed E-state index contributed by atoms with van der Waals surface area (Å²) < 4.78 is 11.4. The molecule has 0 aromatic heterocycles. The van der Waals surface area contributed by atoms with Crippen LogP contribution in [0.5, 0.6) is 11.5 Å². The molecule has 0 spiro atoms. The van der Waals surface area contributed by atoms with Crippen LogP contribution in [0.25, 0.3) is 0 Å². The Hall–Kier alpha value is -1.26. The van der Waals surface area contributed by atoms with E-state index in [0.29, 0.717) is 0 Å². The Morgan fingerprint density at radius 2 is 2.05 bits per heavy atom. The van der Waals surface area contributed by atoms with Crippen LogP contribution in [0, 0.1) is 0 Å². The van der Waals surface area contributed by atoms with E-state index >= 15 is 0 Å². The molecule has 4 heteroatoms. The lowest BCUT2D eigenvalue weighted by Gasteiger charge is -2.17. The molecule has 1 aliphatic rings. The highest BCUT2D eigenvalue weighted by atomic mass is 16.5. The van der Waals surface area contributed by atoms with Crippen LogP contribution < -0.4 is 14.8 Å². The Balaban J connectivity index is 1.86. The first-order chi connectivity index (χ1) is 9.85. The van der Waals surface area contributed by atoms with Gasteiger partial charge in [-0.05, 0) is 45.5 Å². The summed E-state index contributed by atoms with van der Waals surface area (Å²) in [5, 5.41) is 3.17. The van der Waals surface area contributed by atoms with E-state index in [0.717, 1.165) is 43.2 Å². The molecule has 20 heavy (non-hydrogen) atoms. The molecule has 1 heterocycles. The van der Waals surface area contributed by atoms with Crippen molar-refractivity contribution in [1.29, 1.82) is 0 Å². The standard InChI is InChI=1S/C16H26N2O2/c1-17-13-14-7-5-8-15(19-2)16(14)20-12-6-11-18-9-3-4-10-18/h5,7-8,17H,3-4,6,9-13H2,1-2H3. The molecule has 0 bridgehead atoms. The number of para-hydroxylation sites is 1. The lowest BCUT2D eigenvalue weighted by molar-refractivity contribution is 0.252. The number of benzene rings is 1. The zero-order chi connectivity index (χ0) is 14.2. The first-order valence-electron chi connectivity index (χ1n) is 7.50. The molecule has 1 aromatic carbocycles. The third kappa shape index (κ3) is 4.12. The summed E-state index contributed by atoms with van der Waals surface area (Å²) in [6.45, 7) is 5.17. The van der Waals surface area contributed by atoms with Crippen molar-refractivity contribution in [1.82, 2.24) is 10.2 Å². The summed E-state index contributed by atoms with van der Waals surface area (Å²) in [6, 6.07) is 6.03. The highest BCUT2D eigenvalue weighted by Crippen LogP contribution is 2.31. The molecule has 1 aliphatic heterocycles. The minimum Gasteiger partial charge on any atom is -0.493 e. The van der Waals surface area contributed by atoms with E-state index in [1.165, 1.54) is 25.9 Å². The fraction of sp³-hybridized carbons (Fsp3) is 0.625. The van der Waals surface area contributed by atoms with Crippen LogP contribution in [0.3, 0.4) is 0 Å². The van der Waals surface area contributed by atoms with Gasteiger partial charge in [0.25, 0.3) is 0 Å². The highest BCUT2D eigenvalue weighted by Gasteiger charge is 2.12. The van der Waals surface area contributed by atoms with E-state index in [1.807, 2.05) is 19.2 Å². The molecule has 1 aromatic rings. The minimum atomic E-state index is 0.744. The topological polar surface area (TPSA) is 33.7 Å². The summed E-state index contributed by atoms with van der Waals surface area (Å²) in [7, 11) is 3.63. The maximum Gasteiger partial charge on any atom is 0.165 e. The second-order valence-electron chi connectivity index (χ2n) is 5.23. The van der Waals surface area contributed by atoms with E-state index in [-0.39, 0.29) is 0 Å². The Morgan fingerprint density at radius 1 is 1.25 bits per heavy atom. The number of hydrogen-bond acceptors (Lipinski definition) is 4. The van der Waals surface area contributed by atoms with Crippen molar-refractivity contribution in [2.24, 2.45) is 0 Å². The van der Waals surface area contributed by atoms with Gasteiger partial charge in [0, 0.05) is 18.7 Å². The van der Waals surface area contributed by atoms with Crippen LogP contribution in [0.2, 0.25) is 0 Å². The molecule has 2 rings (SSSR count). The molecule has 1 fully saturated rings. The molecule has 0 atom stereocenters. The number of ether oxygens (including phenoxy) is 2. The molecule has 0 saturated carbocycles. The van der Waals surface area contributed by atoms with Gasteiger partial charge in [0.2, 0.25) is 0 Å². The summed E-state index contributed by atoms with van der Waals surface area (Å²) in [4.78, 5) is 2.51. The maximum absolute atomic E-state index is 5.98. The minimum absolute atomic E-state index is 0.744. The van der Waals surface area contributed by atoms with Crippen LogP contribution >= 0.6 is 0 Å². The Morgan fingerprint density at radius 3 is 2.75 bits per heavy atom. The molecule has 0 radical (unpaired) electrons. The van der Waals surface area contributed by atoms with E-state index in [4.69, 9.17) is 9.47 Å². The van der Waals surface area contributed by atoms with Gasteiger partial charge in [0.05, 0.1) is 13.7 Å². The summed E-state index contributed by atoms with van der Waals surface area (Å²) in [5.74, 6) is 1.70. The number of rotatable bonds is 8. The van der Waals surface area contributed by atoms with Gasteiger partial charge in [-0.1, -0.05) is 12.1 Å². The lowest BCUT2D eigenvalue weighted by atomic mass is 10.2.